The first-order valence-corrected chi connectivity index (χ1v) is 7.24. The Morgan fingerprint density at radius 1 is 1.10 bits per heavy atom. The molecule has 1 heterocycles. The van der Waals surface area contributed by atoms with Crippen molar-refractivity contribution in [3.63, 3.8) is 0 Å². The molecule has 4 rings (SSSR count). The number of nitrogens with zero attached hydrogens (tertiary/aromatic N) is 1. The van der Waals surface area contributed by atoms with Gasteiger partial charge in [-0.2, -0.15) is 0 Å². The van der Waals surface area contributed by atoms with E-state index in [0.717, 1.165) is 17.9 Å². The Morgan fingerprint density at radius 2 is 1.90 bits per heavy atom. The molecular formula is C18H17N3. The molecule has 1 unspecified atom stereocenters. The van der Waals surface area contributed by atoms with E-state index >= 15 is 0 Å². The molecule has 0 spiro atoms. The number of nitrogens with one attached hydrogen (secondary N) is 1. The van der Waals surface area contributed by atoms with E-state index in [9.17, 15) is 0 Å². The predicted molar refractivity (Wildman–Crippen MR) is 84.9 cm³/mol. The minimum absolute atomic E-state index is 0.0718. The van der Waals surface area contributed by atoms with Gasteiger partial charge in [0.15, 0.2) is 0 Å². The number of rotatable bonds is 2. The van der Waals surface area contributed by atoms with Crippen LogP contribution in [0.5, 0.6) is 0 Å². The van der Waals surface area contributed by atoms with E-state index < -0.39 is 0 Å². The van der Waals surface area contributed by atoms with E-state index in [2.05, 4.69) is 52.4 Å². The zero-order valence-corrected chi connectivity index (χ0v) is 11.9. The van der Waals surface area contributed by atoms with Crippen LogP contribution in [-0.2, 0) is 6.42 Å². The van der Waals surface area contributed by atoms with Crippen LogP contribution >= 0.6 is 0 Å². The lowest BCUT2D eigenvalue weighted by atomic mass is 10.0. The molecule has 21 heavy (non-hydrogen) atoms. The molecule has 0 fully saturated rings. The van der Waals surface area contributed by atoms with Crippen molar-refractivity contribution in [3.05, 3.63) is 65.6 Å². The Kier molecular flexibility index (Phi) is 2.69. The highest BCUT2D eigenvalue weighted by Crippen LogP contribution is 2.38. The minimum atomic E-state index is -0.0718. The van der Waals surface area contributed by atoms with E-state index in [0.29, 0.717) is 0 Å². The van der Waals surface area contributed by atoms with Crippen molar-refractivity contribution in [1.82, 2.24) is 9.97 Å². The molecule has 0 saturated carbocycles. The molecule has 3 heteroatoms. The van der Waals surface area contributed by atoms with Crippen LogP contribution in [0.4, 0.5) is 0 Å². The molecule has 0 amide bonds. The number of H-pyrrole nitrogens is 1. The lowest BCUT2D eigenvalue weighted by Gasteiger charge is -2.04. The van der Waals surface area contributed by atoms with Crippen molar-refractivity contribution in [2.24, 2.45) is 5.73 Å². The maximum atomic E-state index is 5.86. The van der Waals surface area contributed by atoms with Gasteiger partial charge in [-0.1, -0.05) is 36.4 Å². The van der Waals surface area contributed by atoms with Gasteiger partial charge in [0.2, 0.25) is 0 Å². The lowest BCUT2D eigenvalue weighted by Crippen LogP contribution is -2.06. The molecule has 0 aliphatic heterocycles. The maximum absolute atomic E-state index is 5.86. The van der Waals surface area contributed by atoms with Crippen LogP contribution in [-0.4, -0.2) is 9.97 Å². The summed E-state index contributed by atoms with van der Waals surface area (Å²) >= 11 is 0. The van der Waals surface area contributed by atoms with Crippen molar-refractivity contribution in [2.75, 3.05) is 0 Å². The summed E-state index contributed by atoms with van der Waals surface area (Å²) in [5.74, 6) is 0.828. The van der Waals surface area contributed by atoms with Crippen molar-refractivity contribution in [3.8, 4) is 22.4 Å². The number of nitrogens with two attached hydrogens (primary N) is 1. The first-order chi connectivity index (χ1) is 10.2. The summed E-state index contributed by atoms with van der Waals surface area (Å²) in [6, 6.07) is 15.2. The van der Waals surface area contributed by atoms with Gasteiger partial charge in [-0.15, -0.1) is 0 Å². The Morgan fingerprint density at radius 3 is 2.71 bits per heavy atom. The molecule has 1 atom stereocenters. The van der Waals surface area contributed by atoms with Crippen molar-refractivity contribution >= 4 is 0 Å². The van der Waals surface area contributed by atoms with E-state index in [-0.39, 0.29) is 6.04 Å². The van der Waals surface area contributed by atoms with Gasteiger partial charge >= 0.3 is 0 Å². The summed E-state index contributed by atoms with van der Waals surface area (Å²) in [7, 11) is 0. The Bertz CT molecular complexity index is 815. The third-order valence-electron chi connectivity index (χ3n) is 4.13. The second-order valence-corrected chi connectivity index (χ2v) is 5.68. The SMILES string of the molecule is CC(N)c1ncc(-c2ccc3c(c2)Cc2ccccc2-3)[nH]1. The largest absolute Gasteiger partial charge is 0.341 e. The van der Waals surface area contributed by atoms with E-state index in [1.54, 1.807) is 0 Å². The van der Waals surface area contributed by atoms with Crippen LogP contribution in [0, 0.1) is 0 Å². The number of benzene rings is 2. The van der Waals surface area contributed by atoms with E-state index in [1.807, 2.05) is 13.1 Å². The van der Waals surface area contributed by atoms with Crippen LogP contribution in [0.2, 0.25) is 0 Å². The minimum Gasteiger partial charge on any atom is -0.341 e. The van der Waals surface area contributed by atoms with Gasteiger partial charge in [-0.3, -0.25) is 0 Å². The zero-order valence-electron chi connectivity index (χ0n) is 11.9. The normalized spacial score (nSPS) is 13.8. The number of aromatic nitrogens is 2. The van der Waals surface area contributed by atoms with Crippen LogP contribution in [0.25, 0.3) is 22.4 Å². The lowest BCUT2D eigenvalue weighted by molar-refractivity contribution is 0.756. The smallest absolute Gasteiger partial charge is 0.123 e. The second-order valence-electron chi connectivity index (χ2n) is 5.68. The van der Waals surface area contributed by atoms with Gasteiger partial charge in [0.25, 0.3) is 0 Å². The highest BCUT2D eigenvalue weighted by atomic mass is 14.9. The zero-order chi connectivity index (χ0) is 14.4. The van der Waals surface area contributed by atoms with Gasteiger partial charge in [-0.25, -0.2) is 4.98 Å². The number of hydrogen-bond donors (Lipinski definition) is 2. The van der Waals surface area contributed by atoms with Gasteiger partial charge in [-0.05, 0) is 47.2 Å². The van der Waals surface area contributed by atoms with Gasteiger partial charge in [0.05, 0.1) is 17.9 Å². The third kappa shape index (κ3) is 1.98. The Labute approximate surface area is 123 Å². The predicted octanol–water partition coefficient (Wildman–Crippen LogP) is 3.67. The van der Waals surface area contributed by atoms with Crippen molar-refractivity contribution in [2.45, 2.75) is 19.4 Å². The topological polar surface area (TPSA) is 54.7 Å². The monoisotopic (exact) mass is 275 g/mol. The molecule has 3 nitrogen and oxygen atoms in total. The van der Waals surface area contributed by atoms with Crippen molar-refractivity contribution < 1.29 is 0 Å². The van der Waals surface area contributed by atoms with Gasteiger partial charge in [0.1, 0.15) is 5.82 Å². The quantitative estimate of drug-likeness (QED) is 0.586. The molecule has 1 aliphatic rings. The highest BCUT2D eigenvalue weighted by molar-refractivity contribution is 5.79. The van der Waals surface area contributed by atoms with Gasteiger partial charge in [0, 0.05) is 0 Å². The van der Waals surface area contributed by atoms with Crippen LogP contribution < -0.4 is 5.73 Å². The third-order valence-corrected chi connectivity index (χ3v) is 4.13. The average Bonchev–Trinajstić information content (AvgIpc) is 3.11. The molecule has 1 aromatic heterocycles. The highest BCUT2D eigenvalue weighted by Gasteiger charge is 2.18. The molecule has 0 bridgehead atoms. The summed E-state index contributed by atoms with van der Waals surface area (Å²) in [6.07, 6.45) is 2.87. The number of hydrogen-bond acceptors (Lipinski definition) is 2. The molecule has 2 aromatic carbocycles. The molecule has 1 aliphatic carbocycles. The molecular weight excluding hydrogens is 258 g/mol. The van der Waals surface area contributed by atoms with Crippen LogP contribution in [0.3, 0.4) is 0 Å². The van der Waals surface area contributed by atoms with Crippen molar-refractivity contribution in [1.29, 1.82) is 0 Å². The average molecular weight is 275 g/mol. The van der Waals surface area contributed by atoms with Gasteiger partial charge < -0.3 is 10.7 Å². The fraction of sp³-hybridized carbons (Fsp3) is 0.167. The summed E-state index contributed by atoms with van der Waals surface area (Å²) < 4.78 is 0. The molecule has 104 valence electrons. The molecule has 3 N–H and O–H groups in total. The fourth-order valence-electron chi connectivity index (χ4n) is 3.03. The van der Waals surface area contributed by atoms with Crippen LogP contribution in [0.15, 0.2) is 48.7 Å². The molecule has 3 aromatic rings. The Balaban J connectivity index is 1.76. The van der Waals surface area contributed by atoms with E-state index in [1.165, 1.54) is 27.8 Å². The summed E-state index contributed by atoms with van der Waals surface area (Å²) in [6.45, 7) is 1.93. The Hall–Kier alpha value is -2.39. The van der Waals surface area contributed by atoms with Crippen LogP contribution in [0.1, 0.15) is 29.9 Å². The summed E-state index contributed by atoms with van der Waals surface area (Å²) in [5.41, 5.74) is 13.6. The number of aromatic amines is 1. The number of fused-ring (bicyclic) bond motifs is 3. The summed E-state index contributed by atoms with van der Waals surface area (Å²) in [4.78, 5) is 7.65. The molecule has 0 saturated heterocycles. The first-order valence-electron chi connectivity index (χ1n) is 7.24. The van der Waals surface area contributed by atoms with E-state index in [4.69, 9.17) is 5.73 Å². The summed E-state index contributed by atoms with van der Waals surface area (Å²) in [5, 5.41) is 0. The standard InChI is InChI=1S/C18H17N3/c1-11(19)18-20-10-17(21-18)13-6-7-16-14(9-13)8-12-4-2-3-5-15(12)16/h2-7,9-11H,8,19H2,1H3,(H,20,21). The fourth-order valence-corrected chi connectivity index (χ4v) is 3.03. The number of imidazole rings is 1. The molecule has 0 radical (unpaired) electrons. The maximum Gasteiger partial charge on any atom is 0.123 e. The first kappa shape index (κ1) is 12.4. The second kappa shape index (κ2) is 4.57.